The summed E-state index contributed by atoms with van der Waals surface area (Å²) in [4.78, 5) is 17.0. The van der Waals surface area contributed by atoms with Crippen LogP contribution < -0.4 is 0 Å². The first kappa shape index (κ1) is 14.2. The van der Waals surface area contributed by atoms with E-state index in [2.05, 4.69) is 27.7 Å². The normalized spacial score (nSPS) is 36.4. The van der Waals surface area contributed by atoms with Gasteiger partial charge in [0.25, 0.3) is 0 Å². The van der Waals surface area contributed by atoms with Crippen molar-refractivity contribution in [1.82, 2.24) is 9.80 Å². The van der Waals surface area contributed by atoms with Gasteiger partial charge in [-0.25, -0.2) is 0 Å². The highest BCUT2D eigenvalue weighted by molar-refractivity contribution is 5.96. The summed E-state index contributed by atoms with van der Waals surface area (Å²) in [5, 5.41) is 0. The molecule has 2 saturated heterocycles. The number of hydrogen-bond acceptors (Lipinski definition) is 3. The van der Waals surface area contributed by atoms with E-state index in [-0.39, 0.29) is 5.41 Å². The molecule has 4 rings (SSSR count). The summed E-state index contributed by atoms with van der Waals surface area (Å²) < 4.78 is 0. The Morgan fingerprint density at radius 3 is 3.09 bits per heavy atom. The second kappa shape index (κ2) is 5.08. The number of ketones is 1. The smallest absolute Gasteiger partial charge is 0.156 e. The summed E-state index contributed by atoms with van der Waals surface area (Å²) in [6.45, 7) is 1.96. The molecule has 3 heteroatoms. The molecule has 0 radical (unpaired) electrons. The molecule has 0 N–H and O–H groups in total. The third kappa shape index (κ3) is 2.01. The number of piperidine rings is 1. The lowest BCUT2D eigenvalue weighted by Gasteiger charge is -2.39. The van der Waals surface area contributed by atoms with Crippen LogP contribution in [0.2, 0.25) is 0 Å². The lowest BCUT2D eigenvalue weighted by atomic mass is 9.67. The van der Waals surface area contributed by atoms with Gasteiger partial charge in [-0.05, 0) is 51.6 Å². The number of allylic oxidation sites excluding steroid dienone is 2. The van der Waals surface area contributed by atoms with E-state index >= 15 is 0 Å². The monoisotopic (exact) mass is 296 g/mol. The summed E-state index contributed by atoms with van der Waals surface area (Å²) >= 11 is 0. The van der Waals surface area contributed by atoms with Crippen LogP contribution in [0.15, 0.2) is 23.3 Å². The van der Waals surface area contributed by atoms with Gasteiger partial charge in [0.1, 0.15) is 0 Å². The van der Waals surface area contributed by atoms with Crippen LogP contribution in [-0.4, -0.2) is 54.9 Å². The Bertz CT molecular complexity index is 634. The van der Waals surface area contributed by atoms with Crippen LogP contribution in [0.3, 0.4) is 0 Å². The standard InChI is InChI=1S/C19H24N2O/c1-20(2)8-5-6-14-10-15-12-19(13-16(22)11-17(14)19)18-7-3-4-9-21(15)18/h10-11,15,18H,3-4,7-9,12-13H2,1-2H3/t15-,18?,19+/m1/s1. The second-order valence-corrected chi connectivity index (χ2v) is 7.50. The van der Waals surface area contributed by atoms with Crippen molar-refractivity contribution in [3.8, 4) is 11.8 Å². The number of rotatable bonds is 1. The van der Waals surface area contributed by atoms with Gasteiger partial charge in [0, 0.05) is 29.5 Å². The fourth-order valence-corrected chi connectivity index (χ4v) is 5.00. The molecule has 2 aliphatic carbocycles. The van der Waals surface area contributed by atoms with Crippen LogP contribution in [0.25, 0.3) is 0 Å². The van der Waals surface area contributed by atoms with Crippen molar-refractivity contribution < 1.29 is 4.79 Å². The van der Waals surface area contributed by atoms with Gasteiger partial charge in [0.05, 0.1) is 6.54 Å². The van der Waals surface area contributed by atoms with E-state index < -0.39 is 0 Å². The van der Waals surface area contributed by atoms with Gasteiger partial charge in [-0.15, -0.1) is 0 Å². The maximum absolute atomic E-state index is 12.2. The molecule has 3 nitrogen and oxygen atoms in total. The molecule has 1 unspecified atom stereocenters. The first-order valence-corrected chi connectivity index (χ1v) is 8.47. The average molecular weight is 296 g/mol. The summed E-state index contributed by atoms with van der Waals surface area (Å²) in [7, 11) is 4.07. The Labute approximate surface area is 133 Å². The molecule has 116 valence electrons. The van der Waals surface area contributed by atoms with E-state index in [9.17, 15) is 4.79 Å². The van der Waals surface area contributed by atoms with E-state index in [0.717, 1.165) is 18.5 Å². The molecule has 0 aromatic rings. The minimum absolute atomic E-state index is 0.0824. The first-order chi connectivity index (χ1) is 10.6. The molecule has 1 spiro atoms. The molecule has 0 aromatic heterocycles. The zero-order valence-electron chi connectivity index (χ0n) is 13.6. The molecular weight excluding hydrogens is 272 g/mol. The van der Waals surface area contributed by atoms with Crippen LogP contribution >= 0.6 is 0 Å². The molecule has 2 heterocycles. The van der Waals surface area contributed by atoms with Crippen LogP contribution in [0, 0.1) is 17.3 Å². The van der Waals surface area contributed by atoms with Crippen molar-refractivity contribution >= 4 is 5.78 Å². The predicted molar refractivity (Wildman–Crippen MR) is 87.3 cm³/mol. The molecule has 0 saturated carbocycles. The summed E-state index contributed by atoms with van der Waals surface area (Å²) in [5.74, 6) is 6.95. The molecule has 3 atom stereocenters. The number of carbonyl (C=O) groups excluding carboxylic acids is 1. The SMILES string of the molecule is CN(C)CC#CC1=C[C@@H]2C[C@@]3(CC(=O)C=C13)C1CCCCN12. The average Bonchev–Trinajstić information content (AvgIpc) is 2.96. The van der Waals surface area contributed by atoms with Crippen LogP contribution in [0.4, 0.5) is 0 Å². The van der Waals surface area contributed by atoms with Gasteiger partial charge in [-0.1, -0.05) is 24.3 Å². The van der Waals surface area contributed by atoms with Crippen molar-refractivity contribution in [2.24, 2.45) is 5.41 Å². The first-order valence-electron chi connectivity index (χ1n) is 8.47. The minimum atomic E-state index is 0.0824. The van der Waals surface area contributed by atoms with E-state index in [4.69, 9.17) is 0 Å². The second-order valence-electron chi connectivity index (χ2n) is 7.50. The highest BCUT2D eigenvalue weighted by Gasteiger charge is 2.59. The quantitative estimate of drug-likeness (QED) is 0.692. The lowest BCUT2D eigenvalue weighted by molar-refractivity contribution is -0.115. The van der Waals surface area contributed by atoms with Crippen molar-refractivity contribution in [3.05, 3.63) is 23.3 Å². The van der Waals surface area contributed by atoms with Gasteiger partial charge >= 0.3 is 0 Å². The topological polar surface area (TPSA) is 23.6 Å². The molecule has 22 heavy (non-hydrogen) atoms. The third-order valence-electron chi connectivity index (χ3n) is 5.78. The Balaban J connectivity index is 1.73. The zero-order chi connectivity index (χ0) is 15.3. The minimum Gasteiger partial charge on any atom is -0.299 e. The molecular formula is C19H24N2O. The van der Waals surface area contributed by atoms with Crippen LogP contribution in [-0.2, 0) is 4.79 Å². The van der Waals surface area contributed by atoms with E-state index in [1.165, 1.54) is 31.4 Å². The third-order valence-corrected chi connectivity index (χ3v) is 5.78. The highest BCUT2D eigenvalue weighted by Crippen LogP contribution is 2.59. The van der Waals surface area contributed by atoms with Crippen molar-refractivity contribution in [3.63, 3.8) is 0 Å². The van der Waals surface area contributed by atoms with Gasteiger partial charge in [-0.2, -0.15) is 0 Å². The number of carbonyl (C=O) groups is 1. The summed E-state index contributed by atoms with van der Waals surface area (Å²) in [6, 6.07) is 1.06. The maximum atomic E-state index is 12.2. The zero-order valence-corrected chi connectivity index (χ0v) is 13.6. The van der Waals surface area contributed by atoms with Crippen LogP contribution in [0.1, 0.15) is 32.1 Å². The Kier molecular flexibility index (Phi) is 3.29. The lowest BCUT2D eigenvalue weighted by Crippen LogP contribution is -2.43. The van der Waals surface area contributed by atoms with Gasteiger partial charge in [-0.3, -0.25) is 14.6 Å². The molecule has 2 bridgehead atoms. The Hall–Kier alpha value is -1.37. The molecule has 4 aliphatic rings. The van der Waals surface area contributed by atoms with Gasteiger partial charge in [0.2, 0.25) is 0 Å². The van der Waals surface area contributed by atoms with E-state index in [1.54, 1.807) is 0 Å². The molecule has 2 aliphatic heterocycles. The number of hydrogen-bond donors (Lipinski definition) is 0. The Morgan fingerprint density at radius 1 is 1.41 bits per heavy atom. The van der Waals surface area contributed by atoms with E-state index in [1.807, 2.05) is 20.2 Å². The fraction of sp³-hybridized carbons (Fsp3) is 0.632. The predicted octanol–water partition coefficient (Wildman–Crippen LogP) is 2.00. The summed E-state index contributed by atoms with van der Waals surface area (Å²) in [6.07, 6.45) is 9.94. The van der Waals surface area contributed by atoms with Crippen LogP contribution in [0.5, 0.6) is 0 Å². The molecule has 0 amide bonds. The largest absolute Gasteiger partial charge is 0.299 e. The Morgan fingerprint density at radius 2 is 2.27 bits per heavy atom. The molecule has 2 fully saturated rings. The van der Waals surface area contributed by atoms with Gasteiger partial charge in [0.15, 0.2) is 5.78 Å². The highest BCUT2D eigenvalue weighted by atomic mass is 16.1. The number of fused-ring (bicyclic) bond motifs is 3. The van der Waals surface area contributed by atoms with Crippen molar-refractivity contribution in [2.75, 3.05) is 27.2 Å². The summed E-state index contributed by atoms with van der Waals surface area (Å²) in [5.41, 5.74) is 2.48. The number of nitrogens with zero attached hydrogens (tertiary/aromatic N) is 2. The molecule has 0 aromatic carbocycles. The fourth-order valence-electron chi connectivity index (χ4n) is 5.00. The van der Waals surface area contributed by atoms with Gasteiger partial charge < -0.3 is 0 Å². The van der Waals surface area contributed by atoms with Crippen molar-refractivity contribution in [2.45, 2.75) is 44.2 Å². The van der Waals surface area contributed by atoms with Crippen molar-refractivity contribution in [1.29, 1.82) is 0 Å². The maximum Gasteiger partial charge on any atom is 0.156 e. The van der Waals surface area contributed by atoms with E-state index in [0.29, 0.717) is 24.3 Å².